The van der Waals surface area contributed by atoms with Crippen LogP contribution in [-0.4, -0.2) is 59.6 Å². The van der Waals surface area contributed by atoms with Crippen LogP contribution in [0.2, 0.25) is 18.1 Å². The molecule has 4 heterocycles. The van der Waals surface area contributed by atoms with Gasteiger partial charge in [0, 0.05) is 35.6 Å². The molecule has 0 N–H and O–H groups in total. The minimum atomic E-state index is -1.83. The lowest BCUT2D eigenvalue weighted by Crippen LogP contribution is -2.46. The molecular formula is C32H46N4O4Si. The lowest BCUT2D eigenvalue weighted by molar-refractivity contribution is -0.0931. The smallest absolute Gasteiger partial charge is 0.192 e. The number of hydrogen-bond donors (Lipinski definition) is 0. The SMILES string of the molecule is CC(C)(C)[Si](C)(C)O[C@H]1CCC[C@@H]1OCc1ncc(-c2ccn3ncc(C4CCC(C5OCCO5)CC4)c3c2)cn1. The predicted octanol–water partition coefficient (Wildman–Crippen LogP) is 6.90. The van der Waals surface area contributed by atoms with Crippen molar-refractivity contribution in [3.63, 3.8) is 0 Å². The van der Waals surface area contributed by atoms with Crippen molar-refractivity contribution >= 4 is 13.8 Å². The number of rotatable bonds is 8. The summed E-state index contributed by atoms with van der Waals surface area (Å²) in [5.41, 5.74) is 4.60. The molecule has 3 aromatic heterocycles. The molecule has 0 spiro atoms. The van der Waals surface area contributed by atoms with Gasteiger partial charge in [-0.15, -0.1) is 0 Å². The van der Waals surface area contributed by atoms with Gasteiger partial charge in [0.2, 0.25) is 0 Å². The van der Waals surface area contributed by atoms with Crippen LogP contribution in [0.5, 0.6) is 0 Å². The molecule has 0 aromatic carbocycles. The van der Waals surface area contributed by atoms with Crippen LogP contribution in [0.3, 0.4) is 0 Å². The molecule has 1 aliphatic heterocycles. The molecule has 3 aliphatic rings. The van der Waals surface area contributed by atoms with Crippen LogP contribution < -0.4 is 0 Å². The second-order valence-electron chi connectivity index (χ2n) is 13.7. The van der Waals surface area contributed by atoms with Gasteiger partial charge in [-0.2, -0.15) is 5.10 Å². The molecule has 3 aromatic rings. The van der Waals surface area contributed by atoms with Gasteiger partial charge in [-0.3, -0.25) is 0 Å². The van der Waals surface area contributed by atoms with Crippen molar-refractivity contribution in [2.24, 2.45) is 5.92 Å². The topological polar surface area (TPSA) is 80.0 Å². The van der Waals surface area contributed by atoms with E-state index in [0.29, 0.717) is 24.3 Å². The summed E-state index contributed by atoms with van der Waals surface area (Å²) in [6, 6.07) is 4.32. The summed E-state index contributed by atoms with van der Waals surface area (Å²) >= 11 is 0. The quantitative estimate of drug-likeness (QED) is 0.269. The van der Waals surface area contributed by atoms with E-state index in [0.717, 1.165) is 69.3 Å². The van der Waals surface area contributed by atoms with E-state index in [1.165, 1.54) is 11.1 Å². The number of fused-ring (bicyclic) bond motifs is 1. The average Bonchev–Trinajstić information content (AvgIpc) is 3.73. The van der Waals surface area contributed by atoms with Crippen molar-refractivity contribution < 1.29 is 18.6 Å². The molecule has 9 heteroatoms. The Kier molecular flexibility index (Phi) is 8.35. The van der Waals surface area contributed by atoms with Crippen LogP contribution in [0.25, 0.3) is 16.6 Å². The van der Waals surface area contributed by atoms with Crippen molar-refractivity contribution in [2.45, 2.75) is 115 Å². The molecule has 0 amide bonds. The van der Waals surface area contributed by atoms with Crippen LogP contribution in [0.15, 0.2) is 36.9 Å². The third-order valence-electron chi connectivity index (χ3n) is 9.90. The molecular weight excluding hydrogens is 532 g/mol. The van der Waals surface area contributed by atoms with Gasteiger partial charge in [0.15, 0.2) is 20.4 Å². The Bertz CT molecular complexity index is 1310. The zero-order valence-electron chi connectivity index (χ0n) is 25.3. The fourth-order valence-corrected chi connectivity index (χ4v) is 7.76. The van der Waals surface area contributed by atoms with Gasteiger partial charge < -0.3 is 18.6 Å². The summed E-state index contributed by atoms with van der Waals surface area (Å²) < 4.78 is 26.6. The second-order valence-corrected chi connectivity index (χ2v) is 18.4. The molecule has 8 nitrogen and oxygen atoms in total. The normalized spacial score (nSPS) is 26.3. The molecule has 2 saturated carbocycles. The molecule has 1 saturated heterocycles. The predicted molar refractivity (Wildman–Crippen MR) is 161 cm³/mol. The lowest BCUT2D eigenvalue weighted by atomic mass is 9.78. The van der Waals surface area contributed by atoms with Gasteiger partial charge in [-0.05, 0) is 86.7 Å². The third-order valence-corrected chi connectivity index (χ3v) is 14.4. The zero-order chi connectivity index (χ0) is 28.6. The van der Waals surface area contributed by atoms with Gasteiger partial charge in [-0.1, -0.05) is 20.8 Å². The van der Waals surface area contributed by atoms with Crippen molar-refractivity contribution in [1.82, 2.24) is 19.6 Å². The van der Waals surface area contributed by atoms with E-state index in [-0.39, 0.29) is 23.5 Å². The highest BCUT2D eigenvalue weighted by atomic mass is 28.4. The standard InChI is InChI=1S/C32H46N4O4Si/c1-32(2,3)41(4,5)40-29-8-6-7-28(29)39-21-30-33-18-25(19-34-30)24-13-14-36-27(17-24)26(20-35-36)22-9-11-23(12-10-22)31-37-15-16-38-31/h13-14,17-20,22-23,28-29,31H,6-12,15-16,21H2,1-5H3/t22?,23?,28-,29-/m0/s1. The summed E-state index contributed by atoms with van der Waals surface area (Å²) in [4.78, 5) is 9.33. The van der Waals surface area contributed by atoms with Crippen molar-refractivity contribution in [1.29, 1.82) is 0 Å². The zero-order valence-corrected chi connectivity index (χ0v) is 26.3. The maximum Gasteiger partial charge on any atom is 0.192 e. The fourth-order valence-electron chi connectivity index (χ4n) is 6.38. The number of aromatic nitrogens is 4. The van der Waals surface area contributed by atoms with Gasteiger partial charge in [0.1, 0.15) is 6.61 Å². The van der Waals surface area contributed by atoms with Gasteiger partial charge in [0.25, 0.3) is 0 Å². The highest BCUT2D eigenvalue weighted by Crippen LogP contribution is 2.41. The highest BCUT2D eigenvalue weighted by molar-refractivity contribution is 6.74. The molecule has 0 bridgehead atoms. The van der Waals surface area contributed by atoms with Crippen molar-refractivity contribution in [3.8, 4) is 11.1 Å². The minimum Gasteiger partial charge on any atom is -0.411 e. The van der Waals surface area contributed by atoms with E-state index < -0.39 is 8.32 Å². The molecule has 2 aliphatic carbocycles. The number of ether oxygens (including phenoxy) is 3. The maximum atomic E-state index is 6.71. The Morgan fingerprint density at radius 2 is 1.63 bits per heavy atom. The minimum absolute atomic E-state index is 0.00460. The Morgan fingerprint density at radius 1 is 0.927 bits per heavy atom. The second kappa shape index (κ2) is 11.8. The largest absolute Gasteiger partial charge is 0.411 e. The first-order valence-corrected chi connectivity index (χ1v) is 18.4. The Hall–Kier alpha value is -2.17. The van der Waals surface area contributed by atoms with E-state index in [9.17, 15) is 0 Å². The van der Waals surface area contributed by atoms with Crippen LogP contribution in [-0.2, 0) is 25.2 Å². The monoisotopic (exact) mass is 578 g/mol. The summed E-state index contributed by atoms with van der Waals surface area (Å²) in [7, 11) is -1.83. The molecule has 3 fully saturated rings. The Labute approximate surface area is 245 Å². The lowest BCUT2D eigenvalue weighted by Gasteiger charge is -2.39. The third kappa shape index (κ3) is 6.29. The molecule has 0 radical (unpaired) electrons. The average molecular weight is 579 g/mol. The van der Waals surface area contributed by atoms with Crippen LogP contribution >= 0.6 is 0 Å². The first-order chi connectivity index (χ1) is 19.7. The van der Waals surface area contributed by atoms with Gasteiger partial charge in [-0.25, -0.2) is 14.5 Å². The van der Waals surface area contributed by atoms with E-state index in [2.05, 4.69) is 67.3 Å². The van der Waals surface area contributed by atoms with E-state index in [1.807, 2.05) is 23.1 Å². The fraction of sp³-hybridized carbons (Fsp3) is 0.656. The first-order valence-electron chi connectivity index (χ1n) is 15.5. The summed E-state index contributed by atoms with van der Waals surface area (Å²) in [6.07, 6.45) is 16.0. The van der Waals surface area contributed by atoms with Crippen molar-refractivity contribution in [3.05, 3.63) is 48.3 Å². The molecule has 41 heavy (non-hydrogen) atoms. The number of hydrogen-bond acceptors (Lipinski definition) is 7. The van der Waals surface area contributed by atoms with E-state index in [4.69, 9.17) is 18.6 Å². The van der Waals surface area contributed by atoms with Crippen LogP contribution in [0, 0.1) is 5.92 Å². The van der Waals surface area contributed by atoms with Crippen LogP contribution in [0.1, 0.15) is 83.0 Å². The first kappa shape index (κ1) is 28.9. The summed E-state index contributed by atoms with van der Waals surface area (Å²) in [5.74, 6) is 1.73. The van der Waals surface area contributed by atoms with Crippen LogP contribution in [0.4, 0.5) is 0 Å². The number of pyridine rings is 1. The molecule has 0 unspecified atom stereocenters. The Balaban J connectivity index is 1.08. The Morgan fingerprint density at radius 3 is 2.34 bits per heavy atom. The molecule has 6 rings (SSSR count). The van der Waals surface area contributed by atoms with E-state index in [1.54, 1.807) is 0 Å². The maximum absolute atomic E-state index is 6.71. The van der Waals surface area contributed by atoms with Gasteiger partial charge in [0.05, 0.1) is 37.1 Å². The summed E-state index contributed by atoms with van der Waals surface area (Å²) in [6.45, 7) is 13.4. The van der Waals surface area contributed by atoms with E-state index >= 15 is 0 Å². The van der Waals surface area contributed by atoms with Crippen molar-refractivity contribution in [2.75, 3.05) is 13.2 Å². The number of nitrogens with zero attached hydrogens (tertiary/aromatic N) is 4. The molecule has 222 valence electrons. The summed E-state index contributed by atoms with van der Waals surface area (Å²) in [5, 5.41) is 4.85. The van der Waals surface area contributed by atoms with Gasteiger partial charge >= 0.3 is 0 Å². The highest BCUT2D eigenvalue weighted by Gasteiger charge is 2.42. The molecule has 2 atom stereocenters.